The van der Waals surface area contributed by atoms with Crippen molar-refractivity contribution in [1.29, 1.82) is 0 Å². The summed E-state index contributed by atoms with van der Waals surface area (Å²) in [5.41, 5.74) is 5.19. The van der Waals surface area contributed by atoms with Gasteiger partial charge in [-0.05, 0) is 88.2 Å². The molecule has 40 heavy (non-hydrogen) atoms. The second kappa shape index (κ2) is 11.8. The van der Waals surface area contributed by atoms with E-state index in [2.05, 4.69) is 33.7 Å². The lowest BCUT2D eigenvalue weighted by atomic mass is 9.86. The van der Waals surface area contributed by atoms with E-state index in [-0.39, 0.29) is 17.7 Å². The molecule has 4 rings (SSSR count). The zero-order valence-electron chi connectivity index (χ0n) is 25.0. The number of fused-ring (bicyclic) bond motifs is 3. The summed E-state index contributed by atoms with van der Waals surface area (Å²) in [4.78, 5) is 34.3. The summed E-state index contributed by atoms with van der Waals surface area (Å²) in [6.45, 7) is 18.3. The summed E-state index contributed by atoms with van der Waals surface area (Å²) >= 11 is 0. The minimum atomic E-state index is -0.772. The van der Waals surface area contributed by atoms with Crippen LogP contribution in [0.1, 0.15) is 75.5 Å². The molecule has 0 bridgehead atoms. The number of carbonyl (C=O) groups is 2. The fourth-order valence-corrected chi connectivity index (χ4v) is 5.66. The molecule has 0 amide bonds. The predicted octanol–water partition coefficient (Wildman–Crippen LogP) is 7.38. The summed E-state index contributed by atoms with van der Waals surface area (Å²) in [6.07, 6.45) is 0. The molecule has 1 heterocycles. The lowest BCUT2D eigenvalue weighted by Crippen LogP contribution is -2.56. The van der Waals surface area contributed by atoms with E-state index in [0.29, 0.717) is 16.8 Å². The Morgan fingerprint density at radius 1 is 0.925 bits per heavy atom. The van der Waals surface area contributed by atoms with E-state index >= 15 is 0 Å². The third-order valence-corrected chi connectivity index (χ3v) is 8.47. The first-order valence-electron chi connectivity index (χ1n) is 14.3. The van der Waals surface area contributed by atoms with Crippen LogP contribution in [0.4, 0.5) is 0 Å². The molecule has 0 saturated carbocycles. The van der Waals surface area contributed by atoms with E-state index in [1.54, 1.807) is 0 Å². The quantitative estimate of drug-likeness (QED) is 0.0913. The van der Waals surface area contributed by atoms with Crippen molar-refractivity contribution < 1.29 is 14.4 Å². The summed E-state index contributed by atoms with van der Waals surface area (Å²) in [7, 11) is 0. The highest BCUT2D eigenvalue weighted by molar-refractivity contribution is 6.16. The van der Waals surface area contributed by atoms with Crippen LogP contribution in [0.3, 0.4) is 0 Å². The Kier molecular flexibility index (Phi) is 8.59. The molecule has 210 valence electrons. The van der Waals surface area contributed by atoms with Gasteiger partial charge in [-0.2, -0.15) is 0 Å². The minimum absolute atomic E-state index is 0.0135. The Morgan fingerprint density at radius 3 is 2.05 bits per heavy atom. The van der Waals surface area contributed by atoms with Crippen molar-refractivity contribution >= 4 is 39.3 Å². The monoisotopic (exact) mass is 539 g/mol. The predicted molar refractivity (Wildman–Crippen MR) is 164 cm³/mol. The molecule has 0 radical (unpaired) electrons. The van der Waals surface area contributed by atoms with Crippen LogP contribution in [0.2, 0.25) is 0 Å². The van der Waals surface area contributed by atoms with Gasteiger partial charge in [-0.25, -0.2) is 4.79 Å². The van der Waals surface area contributed by atoms with E-state index in [0.717, 1.165) is 52.6 Å². The van der Waals surface area contributed by atoms with Gasteiger partial charge >= 0.3 is 5.97 Å². The van der Waals surface area contributed by atoms with Crippen LogP contribution in [0, 0.1) is 12.8 Å². The van der Waals surface area contributed by atoms with E-state index in [1.807, 2.05) is 97.0 Å². The van der Waals surface area contributed by atoms with Crippen molar-refractivity contribution in [3.63, 3.8) is 0 Å². The summed E-state index contributed by atoms with van der Waals surface area (Å²) in [5.74, 6) is -0.281. The first kappa shape index (κ1) is 29.2. The molecule has 0 saturated heterocycles. The molecular weight excluding hydrogens is 498 g/mol. The number of hydrogen-bond acceptors (Lipinski definition) is 5. The topological polar surface area (TPSA) is 63.9 Å². The third-order valence-electron chi connectivity index (χ3n) is 8.47. The number of rotatable bonds is 10. The van der Waals surface area contributed by atoms with Crippen molar-refractivity contribution in [3.05, 3.63) is 82.9 Å². The summed E-state index contributed by atoms with van der Waals surface area (Å²) in [5, 5.41) is 6.33. The molecule has 6 heteroatoms. The SMILES string of the molecule is CCN(CC)C(C)(C(=O)O/N=C(\C)c1ccc2c(c1)c1cc(C(=O)c3ccccc3C)ccc1n2CC)C(C)C. The zero-order valence-corrected chi connectivity index (χ0v) is 25.0. The maximum atomic E-state index is 13.4. The van der Waals surface area contributed by atoms with Gasteiger partial charge in [-0.15, -0.1) is 0 Å². The van der Waals surface area contributed by atoms with Crippen LogP contribution in [0.15, 0.2) is 65.8 Å². The van der Waals surface area contributed by atoms with Gasteiger partial charge in [-0.1, -0.05) is 63.2 Å². The zero-order chi connectivity index (χ0) is 29.2. The van der Waals surface area contributed by atoms with Gasteiger partial charge in [0.2, 0.25) is 0 Å². The molecule has 6 nitrogen and oxygen atoms in total. The molecule has 3 aromatic carbocycles. The molecule has 0 aliphatic rings. The molecule has 0 spiro atoms. The van der Waals surface area contributed by atoms with Crippen molar-refractivity contribution in [1.82, 2.24) is 9.47 Å². The van der Waals surface area contributed by atoms with E-state index < -0.39 is 5.54 Å². The smallest absolute Gasteiger partial charge is 0.341 e. The third kappa shape index (κ3) is 5.08. The maximum Gasteiger partial charge on any atom is 0.355 e. The van der Waals surface area contributed by atoms with Crippen LogP contribution in [-0.2, 0) is 16.2 Å². The Hall–Kier alpha value is -3.77. The highest BCUT2D eigenvalue weighted by Gasteiger charge is 2.43. The molecule has 0 aliphatic carbocycles. The standard InChI is InChI=1S/C34H41N3O3/c1-9-36(10-2)34(8,22(4)5)33(39)40-35-24(7)25-16-18-30-28(20-25)29-21-26(17-19-31(29)37(30)11-3)32(38)27-15-13-12-14-23(27)6/h12-22H,9-11H2,1-8H3/b35-24+. The van der Waals surface area contributed by atoms with Crippen molar-refractivity contribution in [3.8, 4) is 0 Å². The van der Waals surface area contributed by atoms with Crippen molar-refractivity contribution in [2.75, 3.05) is 13.1 Å². The maximum absolute atomic E-state index is 13.4. The molecule has 4 aromatic rings. The van der Waals surface area contributed by atoms with Gasteiger partial charge in [0, 0.05) is 39.5 Å². The average molecular weight is 540 g/mol. The van der Waals surface area contributed by atoms with Gasteiger partial charge in [0.1, 0.15) is 5.54 Å². The van der Waals surface area contributed by atoms with Gasteiger partial charge in [0.25, 0.3) is 0 Å². The second-order valence-electron chi connectivity index (χ2n) is 10.9. The number of nitrogens with zero attached hydrogens (tertiary/aromatic N) is 3. The molecule has 0 N–H and O–H groups in total. The lowest BCUT2D eigenvalue weighted by Gasteiger charge is -2.40. The number of hydrogen-bond donors (Lipinski definition) is 0. The second-order valence-corrected chi connectivity index (χ2v) is 10.9. The Labute approximate surface area is 237 Å². The van der Waals surface area contributed by atoms with Crippen LogP contribution in [-0.4, -0.2) is 45.6 Å². The van der Waals surface area contributed by atoms with E-state index in [4.69, 9.17) is 4.84 Å². The number of oxime groups is 1. The average Bonchev–Trinajstić information content (AvgIpc) is 3.28. The fraction of sp³-hybridized carbons (Fsp3) is 0.382. The Morgan fingerprint density at radius 2 is 1.50 bits per heavy atom. The number of aryl methyl sites for hydroxylation is 2. The summed E-state index contributed by atoms with van der Waals surface area (Å²) in [6, 6.07) is 19.8. The molecule has 1 aromatic heterocycles. The number of aromatic nitrogens is 1. The first-order chi connectivity index (χ1) is 19.1. The minimum Gasteiger partial charge on any atom is -0.341 e. The van der Waals surface area contributed by atoms with Gasteiger partial charge in [0.15, 0.2) is 5.78 Å². The number of likely N-dealkylation sites (N-methyl/N-ethyl adjacent to an activating group) is 1. The molecule has 0 fully saturated rings. The van der Waals surface area contributed by atoms with E-state index in [9.17, 15) is 9.59 Å². The first-order valence-corrected chi connectivity index (χ1v) is 14.3. The van der Waals surface area contributed by atoms with Gasteiger partial charge < -0.3 is 9.40 Å². The highest BCUT2D eigenvalue weighted by atomic mass is 16.7. The lowest BCUT2D eigenvalue weighted by molar-refractivity contribution is -0.160. The molecule has 0 aliphatic heterocycles. The Balaban J connectivity index is 1.74. The van der Waals surface area contributed by atoms with Crippen LogP contribution in [0.5, 0.6) is 0 Å². The number of benzene rings is 3. The number of carbonyl (C=O) groups excluding carboxylic acids is 2. The van der Waals surface area contributed by atoms with Crippen molar-refractivity contribution in [2.45, 2.75) is 67.5 Å². The number of ketones is 1. The largest absolute Gasteiger partial charge is 0.355 e. The van der Waals surface area contributed by atoms with Crippen LogP contribution < -0.4 is 0 Å². The van der Waals surface area contributed by atoms with Gasteiger partial charge in [0.05, 0.1) is 5.71 Å². The highest BCUT2D eigenvalue weighted by Crippen LogP contribution is 2.32. The normalized spacial score (nSPS) is 13.8. The van der Waals surface area contributed by atoms with Crippen LogP contribution >= 0.6 is 0 Å². The molecule has 1 unspecified atom stereocenters. The molecule has 1 atom stereocenters. The van der Waals surface area contributed by atoms with Gasteiger partial charge in [-0.3, -0.25) is 9.69 Å². The summed E-state index contributed by atoms with van der Waals surface area (Å²) < 4.78 is 2.25. The van der Waals surface area contributed by atoms with Crippen molar-refractivity contribution in [2.24, 2.45) is 11.1 Å². The Bertz CT molecular complexity index is 1590. The molecular formula is C34H41N3O3. The van der Waals surface area contributed by atoms with Crippen LogP contribution in [0.25, 0.3) is 21.8 Å². The van der Waals surface area contributed by atoms with E-state index in [1.165, 1.54) is 0 Å². The fourth-order valence-electron chi connectivity index (χ4n) is 5.66.